The van der Waals surface area contributed by atoms with Crippen LogP contribution < -0.4 is 5.32 Å². The van der Waals surface area contributed by atoms with Crippen LogP contribution in [0.25, 0.3) is 0 Å². The van der Waals surface area contributed by atoms with Crippen molar-refractivity contribution in [3.63, 3.8) is 0 Å². The minimum Gasteiger partial charge on any atom is -0.481 e. The van der Waals surface area contributed by atoms with Crippen molar-refractivity contribution in [2.45, 2.75) is 5.92 Å². The van der Waals surface area contributed by atoms with Crippen LogP contribution in [-0.2, 0) is 9.59 Å². The van der Waals surface area contributed by atoms with Crippen LogP contribution in [0.2, 0.25) is 0 Å². The molecule has 1 aromatic rings. The molecule has 1 aliphatic heterocycles. The number of rotatable bonds is 2. The van der Waals surface area contributed by atoms with E-state index in [9.17, 15) is 18.4 Å². The minimum atomic E-state index is -1.30. The lowest BCUT2D eigenvalue weighted by atomic mass is 9.88. The Hall–Kier alpha value is -1.98. The molecule has 1 aromatic carbocycles. The maximum absolute atomic E-state index is 13.0. The zero-order chi connectivity index (χ0) is 12.6. The van der Waals surface area contributed by atoms with E-state index >= 15 is 0 Å². The molecule has 17 heavy (non-hydrogen) atoms. The molecule has 90 valence electrons. The zero-order valence-electron chi connectivity index (χ0n) is 8.61. The highest BCUT2D eigenvalue weighted by Gasteiger charge is 2.41. The molecule has 0 aliphatic carbocycles. The van der Waals surface area contributed by atoms with Gasteiger partial charge in [0.15, 0.2) is 0 Å². The smallest absolute Gasteiger partial charge is 0.316 e. The number of carbonyl (C=O) groups excluding carboxylic acids is 1. The normalized spacial score (nSPS) is 23.5. The van der Waals surface area contributed by atoms with Crippen LogP contribution in [-0.4, -0.2) is 23.5 Å². The highest BCUT2D eigenvalue weighted by molar-refractivity contribution is 5.99. The number of amides is 1. The topological polar surface area (TPSA) is 66.4 Å². The van der Waals surface area contributed by atoms with E-state index in [1.807, 2.05) is 0 Å². The standard InChI is InChI=1S/C11H9F2NO3/c12-6-1-5(2-7(13)3-6)8-4-14-10(15)9(8)11(16)17/h1-3,8-9H,4H2,(H,14,15)(H,16,17)/t8-,9?/m0/s1. The van der Waals surface area contributed by atoms with Crippen LogP contribution in [0.4, 0.5) is 8.78 Å². The van der Waals surface area contributed by atoms with Crippen molar-refractivity contribution in [2.24, 2.45) is 5.92 Å². The van der Waals surface area contributed by atoms with Crippen molar-refractivity contribution in [3.8, 4) is 0 Å². The molecule has 1 heterocycles. The molecule has 4 nitrogen and oxygen atoms in total. The van der Waals surface area contributed by atoms with Crippen molar-refractivity contribution in [1.82, 2.24) is 5.32 Å². The molecule has 2 atom stereocenters. The third-order valence-electron chi connectivity index (χ3n) is 2.76. The van der Waals surface area contributed by atoms with Crippen LogP contribution in [0.1, 0.15) is 11.5 Å². The lowest BCUT2D eigenvalue weighted by Crippen LogP contribution is -2.26. The maximum Gasteiger partial charge on any atom is 0.316 e. The summed E-state index contributed by atoms with van der Waals surface area (Å²) in [5.74, 6) is -5.55. The highest BCUT2D eigenvalue weighted by atomic mass is 19.1. The fraction of sp³-hybridized carbons (Fsp3) is 0.273. The Morgan fingerprint density at radius 3 is 2.41 bits per heavy atom. The Morgan fingerprint density at radius 2 is 1.88 bits per heavy atom. The van der Waals surface area contributed by atoms with Gasteiger partial charge in [0, 0.05) is 18.5 Å². The van der Waals surface area contributed by atoms with Crippen LogP contribution in [0.5, 0.6) is 0 Å². The summed E-state index contributed by atoms with van der Waals surface area (Å²) >= 11 is 0. The summed E-state index contributed by atoms with van der Waals surface area (Å²) < 4.78 is 26.0. The number of benzene rings is 1. The van der Waals surface area contributed by atoms with Gasteiger partial charge in [-0.3, -0.25) is 9.59 Å². The van der Waals surface area contributed by atoms with Gasteiger partial charge in [-0.15, -0.1) is 0 Å². The molecule has 6 heteroatoms. The molecular weight excluding hydrogens is 232 g/mol. The largest absolute Gasteiger partial charge is 0.481 e. The van der Waals surface area contributed by atoms with Gasteiger partial charge in [-0.05, 0) is 17.7 Å². The first-order valence-corrected chi connectivity index (χ1v) is 4.95. The molecule has 1 amide bonds. The Bertz CT molecular complexity index is 469. The predicted molar refractivity (Wildman–Crippen MR) is 53.2 cm³/mol. The Labute approximate surface area is 95.2 Å². The SMILES string of the molecule is O=C(O)C1C(=O)NC[C@H]1c1cc(F)cc(F)c1. The van der Waals surface area contributed by atoms with Crippen LogP contribution >= 0.6 is 0 Å². The summed E-state index contributed by atoms with van der Waals surface area (Å²) in [5.41, 5.74) is 0.174. The van der Waals surface area contributed by atoms with Gasteiger partial charge in [-0.25, -0.2) is 8.78 Å². The van der Waals surface area contributed by atoms with Gasteiger partial charge in [0.05, 0.1) is 0 Å². The second-order valence-corrected chi connectivity index (χ2v) is 3.87. The van der Waals surface area contributed by atoms with Crippen molar-refractivity contribution < 1.29 is 23.5 Å². The first kappa shape index (κ1) is 11.5. The Balaban J connectivity index is 2.39. The van der Waals surface area contributed by atoms with Gasteiger partial charge in [0.25, 0.3) is 0 Å². The molecule has 1 fully saturated rings. The lowest BCUT2D eigenvalue weighted by Gasteiger charge is -2.13. The van der Waals surface area contributed by atoms with Gasteiger partial charge in [0.2, 0.25) is 5.91 Å². The fourth-order valence-corrected chi connectivity index (χ4v) is 2.00. The molecule has 0 radical (unpaired) electrons. The third kappa shape index (κ3) is 2.11. The predicted octanol–water partition coefficient (Wildman–Crippen LogP) is 0.879. The summed E-state index contributed by atoms with van der Waals surface area (Å²) in [4.78, 5) is 22.2. The second kappa shape index (κ2) is 4.12. The fourth-order valence-electron chi connectivity index (χ4n) is 2.00. The number of carboxylic acids is 1. The van der Waals surface area contributed by atoms with Gasteiger partial charge < -0.3 is 10.4 Å². The highest BCUT2D eigenvalue weighted by Crippen LogP contribution is 2.30. The van der Waals surface area contributed by atoms with Gasteiger partial charge in [-0.2, -0.15) is 0 Å². The average molecular weight is 241 g/mol. The first-order valence-electron chi connectivity index (χ1n) is 4.95. The number of nitrogens with one attached hydrogen (secondary N) is 1. The van der Waals surface area contributed by atoms with E-state index in [0.717, 1.165) is 12.1 Å². The summed E-state index contributed by atoms with van der Waals surface area (Å²) in [7, 11) is 0. The molecule has 0 aromatic heterocycles. The zero-order valence-corrected chi connectivity index (χ0v) is 8.61. The summed E-state index contributed by atoms with van der Waals surface area (Å²) in [6, 6.07) is 2.79. The number of carbonyl (C=O) groups is 2. The van der Waals surface area contributed by atoms with E-state index in [1.54, 1.807) is 0 Å². The molecule has 2 rings (SSSR count). The molecule has 1 saturated heterocycles. The minimum absolute atomic E-state index is 0.0681. The molecule has 0 bridgehead atoms. The van der Waals surface area contributed by atoms with Crippen LogP contribution in [0, 0.1) is 17.6 Å². The number of hydrogen-bond donors (Lipinski definition) is 2. The van der Waals surface area contributed by atoms with Gasteiger partial charge in [-0.1, -0.05) is 0 Å². The first-order chi connectivity index (χ1) is 7.99. The number of halogens is 2. The van der Waals surface area contributed by atoms with Crippen LogP contribution in [0.15, 0.2) is 18.2 Å². The molecule has 1 unspecified atom stereocenters. The Morgan fingerprint density at radius 1 is 1.29 bits per heavy atom. The van der Waals surface area contributed by atoms with Gasteiger partial charge >= 0.3 is 5.97 Å². The number of hydrogen-bond acceptors (Lipinski definition) is 2. The number of carboxylic acid groups (broad SMARTS) is 1. The quantitative estimate of drug-likeness (QED) is 0.755. The summed E-state index contributed by atoms with van der Waals surface area (Å²) in [6.07, 6.45) is 0. The summed E-state index contributed by atoms with van der Waals surface area (Å²) in [5, 5.41) is 11.3. The molecule has 0 saturated carbocycles. The van der Waals surface area contributed by atoms with Crippen molar-refractivity contribution >= 4 is 11.9 Å². The van der Waals surface area contributed by atoms with E-state index < -0.39 is 35.3 Å². The van der Waals surface area contributed by atoms with E-state index in [4.69, 9.17) is 5.11 Å². The Kier molecular flexibility index (Phi) is 2.79. The van der Waals surface area contributed by atoms with E-state index in [0.29, 0.717) is 6.07 Å². The third-order valence-corrected chi connectivity index (χ3v) is 2.76. The molecule has 2 N–H and O–H groups in total. The maximum atomic E-state index is 13.0. The van der Waals surface area contributed by atoms with Crippen molar-refractivity contribution in [2.75, 3.05) is 6.54 Å². The monoisotopic (exact) mass is 241 g/mol. The van der Waals surface area contributed by atoms with Crippen molar-refractivity contribution in [1.29, 1.82) is 0 Å². The average Bonchev–Trinajstić information content (AvgIpc) is 2.58. The lowest BCUT2D eigenvalue weighted by molar-refractivity contribution is -0.145. The van der Waals surface area contributed by atoms with Crippen molar-refractivity contribution in [3.05, 3.63) is 35.4 Å². The molecule has 0 spiro atoms. The van der Waals surface area contributed by atoms with E-state index in [1.165, 1.54) is 0 Å². The summed E-state index contributed by atoms with van der Waals surface area (Å²) in [6.45, 7) is 0.0681. The second-order valence-electron chi connectivity index (χ2n) is 3.87. The number of aliphatic carboxylic acids is 1. The molecule has 1 aliphatic rings. The molecular formula is C11H9F2NO3. The van der Waals surface area contributed by atoms with Crippen LogP contribution in [0.3, 0.4) is 0 Å². The van der Waals surface area contributed by atoms with E-state index in [2.05, 4.69) is 5.32 Å². The van der Waals surface area contributed by atoms with Gasteiger partial charge in [0.1, 0.15) is 17.6 Å². The van der Waals surface area contributed by atoms with E-state index in [-0.39, 0.29) is 12.1 Å².